The SMILES string of the molecule is CCCCOC(=O)c1ccccc1NC(=O)c1ccc(Br)o1. The minimum Gasteiger partial charge on any atom is -0.462 e. The lowest BCUT2D eigenvalue weighted by Crippen LogP contribution is -2.15. The lowest BCUT2D eigenvalue weighted by Gasteiger charge is -2.10. The number of furan rings is 1. The molecule has 0 saturated heterocycles. The Balaban J connectivity index is 2.11. The maximum atomic E-state index is 12.1. The Morgan fingerprint density at radius 2 is 2.00 bits per heavy atom. The fourth-order valence-electron chi connectivity index (χ4n) is 1.78. The van der Waals surface area contributed by atoms with Crippen molar-refractivity contribution in [2.75, 3.05) is 11.9 Å². The predicted molar refractivity (Wildman–Crippen MR) is 86.0 cm³/mol. The molecule has 2 rings (SSSR count). The van der Waals surface area contributed by atoms with Gasteiger partial charge in [-0.3, -0.25) is 4.79 Å². The van der Waals surface area contributed by atoms with Gasteiger partial charge in [0.1, 0.15) is 0 Å². The molecule has 1 N–H and O–H groups in total. The lowest BCUT2D eigenvalue weighted by atomic mass is 10.1. The highest BCUT2D eigenvalue weighted by atomic mass is 79.9. The van der Waals surface area contributed by atoms with Crippen LogP contribution in [0, 0.1) is 0 Å². The number of hydrogen-bond donors (Lipinski definition) is 1. The van der Waals surface area contributed by atoms with E-state index in [1.54, 1.807) is 36.4 Å². The summed E-state index contributed by atoms with van der Waals surface area (Å²) >= 11 is 3.14. The van der Waals surface area contributed by atoms with E-state index in [0.29, 0.717) is 22.5 Å². The molecule has 116 valence electrons. The molecule has 0 fully saturated rings. The normalized spacial score (nSPS) is 10.3. The number of nitrogens with one attached hydrogen (secondary N) is 1. The minimum absolute atomic E-state index is 0.154. The van der Waals surface area contributed by atoms with Crippen molar-refractivity contribution >= 4 is 33.5 Å². The van der Waals surface area contributed by atoms with Crippen molar-refractivity contribution in [3.8, 4) is 0 Å². The van der Waals surface area contributed by atoms with Crippen molar-refractivity contribution in [3.05, 3.63) is 52.4 Å². The van der Waals surface area contributed by atoms with Gasteiger partial charge in [-0.1, -0.05) is 25.5 Å². The zero-order chi connectivity index (χ0) is 15.9. The van der Waals surface area contributed by atoms with Gasteiger partial charge in [0.25, 0.3) is 5.91 Å². The van der Waals surface area contributed by atoms with Gasteiger partial charge < -0.3 is 14.5 Å². The number of esters is 1. The van der Waals surface area contributed by atoms with Gasteiger partial charge in [-0.25, -0.2) is 4.79 Å². The van der Waals surface area contributed by atoms with Crippen LogP contribution in [0.2, 0.25) is 0 Å². The minimum atomic E-state index is -0.454. The number of para-hydroxylation sites is 1. The molecule has 6 heteroatoms. The van der Waals surface area contributed by atoms with Crippen LogP contribution in [-0.4, -0.2) is 18.5 Å². The van der Waals surface area contributed by atoms with Crippen LogP contribution in [0.25, 0.3) is 0 Å². The number of hydrogen-bond acceptors (Lipinski definition) is 4. The first-order chi connectivity index (χ1) is 10.6. The van der Waals surface area contributed by atoms with Crippen LogP contribution in [0.5, 0.6) is 0 Å². The molecule has 2 aromatic rings. The smallest absolute Gasteiger partial charge is 0.340 e. The molecule has 1 aromatic heterocycles. The predicted octanol–water partition coefficient (Wildman–Crippen LogP) is 4.25. The van der Waals surface area contributed by atoms with E-state index in [4.69, 9.17) is 9.15 Å². The quantitative estimate of drug-likeness (QED) is 0.613. The molecule has 22 heavy (non-hydrogen) atoms. The molecule has 1 aromatic carbocycles. The highest BCUT2D eigenvalue weighted by Crippen LogP contribution is 2.19. The third-order valence-electron chi connectivity index (χ3n) is 2.92. The van der Waals surface area contributed by atoms with Crippen molar-refractivity contribution in [1.29, 1.82) is 0 Å². The third kappa shape index (κ3) is 4.21. The summed E-state index contributed by atoms with van der Waals surface area (Å²) in [4.78, 5) is 24.1. The summed E-state index contributed by atoms with van der Waals surface area (Å²) in [5.41, 5.74) is 0.707. The van der Waals surface area contributed by atoms with E-state index in [2.05, 4.69) is 21.2 Å². The summed E-state index contributed by atoms with van der Waals surface area (Å²) in [6.07, 6.45) is 1.75. The van der Waals surface area contributed by atoms with Crippen LogP contribution in [0.15, 0.2) is 45.5 Å². The summed E-state index contributed by atoms with van der Waals surface area (Å²) < 4.78 is 10.8. The Morgan fingerprint density at radius 3 is 2.68 bits per heavy atom. The fraction of sp³-hybridized carbons (Fsp3) is 0.250. The number of halogens is 1. The lowest BCUT2D eigenvalue weighted by molar-refractivity contribution is 0.0501. The van der Waals surface area contributed by atoms with Gasteiger partial charge >= 0.3 is 5.97 Å². The summed E-state index contributed by atoms with van der Waals surface area (Å²) in [6, 6.07) is 9.88. The zero-order valence-electron chi connectivity index (χ0n) is 12.1. The van der Waals surface area contributed by atoms with E-state index in [1.165, 1.54) is 0 Å². The third-order valence-corrected chi connectivity index (χ3v) is 3.35. The highest BCUT2D eigenvalue weighted by Gasteiger charge is 2.16. The van der Waals surface area contributed by atoms with Crippen molar-refractivity contribution in [2.45, 2.75) is 19.8 Å². The van der Waals surface area contributed by atoms with E-state index in [-0.39, 0.29) is 5.76 Å². The molecular formula is C16H16BrNO4. The van der Waals surface area contributed by atoms with Crippen LogP contribution < -0.4 is 5.32 Å². The maximum absolute atomic E-state index is 12.1. The van der Waals surface area contributed by atoms with Crippen molar-refractivity contribution in [2.24, 2.45) is 0 Å². The second-order valence-corrected chi connectivity index (χ2v) is 5.37. The highest BCUT2D eigenvalue weighted by molar-refractivity contribution is 9.10. The summed E-state index contributed by atoms with van der Waals surface area (Å²) in [6.45, 7) is 2.38. The second-order valence-electron chi connectivity index (χ2n) is 4.59. The van der Waals surface area contributed by atoms with Crippen LogP contribution in [0.1, 0.15) is 40.7 Å². The molecule has 1 heterocycles. The van der Waals surface area contributed by atoms with Crippen molar-refractivity contribution < 1.29 is 18.7 Å². The van der Waals surface area contributed by atoms with Gasteiger partial charge in [0, 0.05) is 0 Å². The number of anilines is 1. The van der Waals surface area contributed by atoms with Crippen molar-refractivity contribution in [3.63, 3.8) is 0 Å². The van der Waals surface area contributed by atoms with Gasteiger partial charge in [-0.15, -0.1) is 0 Å². The first-order valence-electron chi connectivity index (χ1n) is 6.94. The number of rotatable bonds is 6. The van der Waals surface area contributed by atoms with Crippen LogP contribution in [-0.2, 0) is 4.74 Å². The van der Waals surface area contributed by atoms with E-state index >= 15 is 0 Å². The Kier molecular flexibility index (Phi) is 5.77. The number of amides is 1. The van der Waals surface area contributed by atoms with Crippen LogP contribution >= 0.6 is 15.9 Å². The Labute approximate surface area is 136 Å². The summed E-state index contributed by atoms with van der Waals surface area (Å²) in [5.74, 6) is -0.731. The molecule has 0 bridgehead atoms. The van der Waals surface area contributed by atoms with E-state index in [1.807, 2.05) is 6.92 Å². The average molecular weight is 366 g/mol. The molecule has 0 radical (unpaired) electrons. The monoisotopic (exact) mass is 365 g/mol. The number of ether oxygens (including phenoxy) is 1. The topological polar surface area (TPSA) is 68.5 Å². The van der Waals surface area contributed by atoms with Gasteiger partial charge in [0.05, 0.1) is 17.9 Å². The van der Waals surface area contributed by atoms with Crippen LogP contribution in [0.3, 0.4) is 0 Å². The van der Waals surface area contributed by atoms with Gasteiger partial charge in [0.15, 0.2) is 10.4 Å². The standard InChI is InChI=1S/C16H16BrNO4/c1-2-3-10-21-16(20)11-6-4-5-7-12(11)18-15(19)13-8-9-14(17)22-13/h4-9H,2-3,10H2,1H3,(H,18,19). The average Bonchev–Trinajstić information content (AvgIpc) is 2.94. The van der Waals surface area contributed by atoms with Crippen molar-refractivity contribution in [1.82, 2.24) is 0 Å². The van der Waals surface area contributed by atoms with E-state index in [0.717, 1.165) is 12.8 Å². The number of benzene rings is 1. The molecule has 5 nitrogen and oxygen atoms in total. The van der Waals surface area contributed by atoms with Gasteiger partial charge in [0.2, 0.25) is 0 Å². The number of unbranched alkanes of at least 4 members (excludes halogenated alkanes) is 1. The van der Waals surface area contributed by atoms with Gasteiger partial charge in [-0.05, 0) is 46.6 Å². The molecule has 0 atom stereocenters. The molecule has 0 aliphatic heterocycles. The molecule has 0 unspecified atom stereocenters. The second kappa shape index (κ2) is 7.79. The van der Waals surface area contributed by atoms with Crippen LogP contribution in [0.4, 0.5) is 5.69 Å². The number of carbonyl (C=O) groups excluding carboxylic acids is 2. The Bertz CT molecular complexity index is 666. The fourth-order valence-corrected chi connectivity index (χ4v) is 2.08. The summed E-state index contributed by atoms with van der Waals surface area (Å²) in [7, 11) is 0. The van der Waals surface area contributed by atoms with Gasteiger partial charge in [-0.2, -0.15) is 0 Å². The Morgan fingerprint density at radius 1 is 1.23 bits per heavy atom. The molecule has 0 aliphatic rings. The van der Waals surface area contributed by atoms with E-state index in [9.17, 15) is 9.59 Å². The Hall–Kier alpha value is -2.08. The largest absolute Gasteiger partial charge is 0.462 e. The summed E-state index contributed by atoms with van der Waals surface area (Å²) in [5, 5.41) is 2.66. The molecular weight excluding hydrogens is 350 g/mol. The number of carbonyl (C=O) groups is 2. The first-order valence-corrected chi connectivity index (χ1v) is 7.74. The van der Waals surface area contributed by atoms with E-state index < -0.39 is 11.9 Å². The molecule has 0 spiro atoms. The molecule has 0 aliphatic carbocycles. The first kappa shape index (κ1) is 16.3. The maximum Gasteiger partial charge on any atom is 0.340 e. The molecule has 0 saturated carbocycles. The molecule has 1 amide bonds. The zero-order valence-corrected chi connectivity index (χ0v) is 13.7.